The van der Waals surface area contributed by atoms with Gasteiger partial charge in [0.15, 0.2) is 11.6 Å². The van der Waals surface area contributed by atoms with Gasteiger partial charge in [0.2, 0.25) is 0 Å². The van der Waals surface area contributed by atoms with E-state index in [4.69, 9.17) is 5.73 Å². The number of likely N-dealkylation sites (tertiary alicyclic amines) is 1. The first kappa shape index (κ1) is 17.5. The van der Waals surface area contributed by atoms with E-state index in [-0.39, 0.29) is 36.1 Å². The van der Waals surface area contributed by atoms with E-state index < -0.39 is 36.0 Å². The number of nitrogens with two attached hydrogens (primary N) is 1. The Labute approximate surface area is 138 Å². The van der Waals surface area contributed by atoms with E-state index in [1.807, 2.05) is 0 Å². The van der Waals surface area contributed by atoms with Crippen LogP contribution in [-0.2, 0) is 0 Å². The minimum Gasteiger partial charge on any atom is -0.403 e. The van der Waals surface area contributed by atoms with Gasteiger partial charge in [0.05, 0.1) is 6.04 Å². The van der Waals surface area contributed by atoms with Crippen molar-refractivity contribution in [1.82, 2.24) is 9.88 Å². The van der Waals surface area contributed by atoms with Crippen LogP contribution in [0.1, 0.15) is 16.9 Å². The Balaban J connectivity index is 1.87. The SMILES string of the molecule is NC1CN(C(=O)c2cc3cc(OC(F)(F)F)c(F)cc3[nH]2)CCC1F. The van der Waals surface area contributed by atoms with Crippen molar-refractivity contribution in [3.05, 3.63) is 29.7 Å². The molecule has 3 N–H and O–H groups in total. The standard InChI is InChI=1S/C15H14F5N3O2/c16-8-1-2-23(6-10(8)21)14(24)12-3-7-4-13(25-15(18,19)20)9(17)5-11(7)22-12/h3-5,8,10,22H,1-2,6,21H2. The molecule has 2 atom stereocenters. The molecule has 136 valence electrons. The van der Waals surface area contributed by atoms with Crippen molar-refractivity contribution in [3.8, 4) is 5.75 Å². The number of hydrogen-bond acceptors (Lipinski definition) is 3. The summed E-state index contributed by atoms with van der Waals surface area (Å²) in [5.41, 5.74) is 5.79. The number of alkyl halides is 4. The van der Waals surface area contributed by atoms with E-state index in [0.717, 1.165) is 12.1 Å². The molecule has 0 radical (unpaired) electrons. The van der Waals surface area contributed by atoms with Crippen LogP contribution in [0.25, 0.3) is 10.9 Å². The Morgan fingerprint density at radius 3 is 2.68 bits per heavy atom. The van der Waals surface area contributed by atoms with E-state index in [9.17, 15) is 26.7 Å². The zero-order valence-corrected chi connectivity index (χ0v) is 12.7. The van der Waals surface area contributed by atoms with Crippen LogP contribution in [0.5, 0.6) is 5.75 Å². The number of nitrogens with one attached hydrogen (secondary N) is 1. The fourth-order valence-corrected chi connectivity index (χ4v) is 2.76. The molecule has 3 rings (SSSR count). The smallest absolute Gasteiger partial charge is 0.403 e. The lowest BCUT2D eigenvalue weighted by molar-refractivity contribution is -0.275. The Morgan fingerprint density at radius 2 is 2.04 bits per heavy atom. The first-order valence-electron chi connectivity index (χ1n) is 7.41. The minimum absolute atomic E-state index is 0.0200. The Bertz CT molecular complexity index is 804. The molecule has 1 aromatic carbocycles. The Hall–Kier alpha value is -2.36. The number of nitrogens with zero attached hydrogens (tertiary/aromatic N) is 1. The first-order valence-corrected chi connectivity index (χ1v) is 7.41. The number of H-pyrrole nitrogens is 1. The maximum atomic E-state index is 13.7. The van der Waals surface area contributed by atoms with Gasteiger partial charge in [0, 0.05) is 30.1 Å². The number of ether oxygens (including phenoxy) is 1. The summed E-state index contributed by atoms with van der Waals surface area (Å²) in [6, 6.07) is 2.15. The van der Waals surface area contributed by atoms with Gasteiger partial charge in [-0.25, -0.2) is 8.78 Å². The van der Waals surface area contributed by atoms with Gasteiger partial charge in [0.25, 0.3) is 5.91 Å². The summed E-state index contributed by atoms with van der Waals surface area (Å²) in [5.74, 6) is -2.69. The summed E-state index contributed by atoms with van der Waals surface area (Å²) in [5, 5.41) is 0.175. The third-order valence-corrected chi connectivity index (χ3v) is 3.99. The maximum absolute atomic E-state index is 13.7. The summed E-state index contributed by atoms with van der Waals surface area (Å²) in [6.45, 7) is 0.187. The number of aromatic nitrogens is 1. The van der Waals surface area contributed by atoms with E-state index in [1.54, 1.807) is 0 Å². The van der Waals surface area contributed by atoms with Gasteiger partial charge < -0.3 is 20.4 Å². The predicted octanol–water partition coefficient (Wildman–Crippen LogP) is 2.72. The van der Waals surface area contributed by atoms with Crippen LogP contribution in [-0.4, -0.2) is 47.5 Å². The predicted molar refractivity (Wildman–Crippen MR) is 78.3 cm³/mol. The third kappa shape index (κ3) is 3.68. The number of amides is 1. The second-order valence-electron chi connectivity index (χ2n) is 5.82. The quantitative estimate of drug-likeness (QED) is 0.806. The lowest BCUT2D eigenvalue weighted by Crippen LogP contribution is -2.51. The van der Waals surface area contributed by atoms with Gasteiger partial charge >= 0.3 is 6.36 Å². The van der Waals surface area contributed by atoms with E-state index >= 15 is 0 Å². The van der Waals surface area contributed by atoms with E-state index in [2.05, 4.69) is 9.72 Å². The molecule has 0 spiro atoms. The molecule has 2 unspecified atom stereocenters. The highest BCUT2D eigenvalue weighted by Crippen LogP contribution is 2.30. The number of fused-ring (bicyclic) bond motifs is 1. The number of halogens is 5. The van der Waals surface area contributed by atoms with Gasteiger partial charge in [-0.15, -0.1) is 13.2 Å². The van der Waals surface area contributed by atoms with Gasteiger partial charge in [0.1, 0.15) is 11.9 Å². The van der Waals surface area contributed by atoms with Crippen LogP contribution < -0.4 is 10.5 Å². The zero-order chi connectivity index (χ0) is 18.4. The van der Waals surface area contributed by atoms with Crippen molar-refractivity contribution >= 4 is 16.8 Å². The number of hydrogen-bond donors (Lipinski definition) is 2. The van der Waals surface area contributed by atoms with Crippen molar-refractivity contribution in [3.63, 3.8) is 0 Å². The fraction of sp³-hybridized carbons (Fsp3) is 0.400. The summed E-state index contributed by atoms with van der Waals surface area (Å²) in [4.78, 5) is 16.4. The van der Waals surface area contributed by atoms with Crippen LogP contribution in [0, 0.1) is 5.82 Å². The highest BCUT2D eigenvalue weighted by molar-refractivity contribution is 5.98. The summed E-state index contributed by atoms with van der Waals surface area (Å²) in [6.07, 6.45) is -6.12. The van der Waals surface area contributed by atoms with Crippen LogP contribution in [0.3, 0.4) is 0 Å². The molecule has 1 fully saturated rings. The fourth-order valence-electron chi connectivity index (χ4n) is 2.76. The molecule has 10 heteroatoms. The first-order chi connectivity index (χ1) is 11.6. The van der Waals surface area contributed by atoms with E-state index in [0.29, 0.717) is 0 Å². The third-order valence-electron chi connectivity index (χ3n) is 3.99. The molecular weight excluding hydrogens is 349 g/mol. The number of piperidine rings is 1. The lowest BCUT2D eigenvalue weighted by Gasteiger charge is -2.32. The summed E-state index contributed by atoms with van der Waals surface area (Å²) in [7, 11) is 0. The number of carbonyl (C=O) groups is 1. The van der Waals surface area contributed by atoms with Crippen molar-refractivity contribution in [1.29, 1.82) is 0 Å². The Kier molecular flexibility index (Phi) is 4.31. The highest BCUT2D eigenvalue weighted by atomic mass is 19.4. The molecule has 1 amide bonds. The topological polar surface area (TPSA) is 71.3 Å². The van der Waals surface area contributed by atoms with Crippen molar-refractivity contribution in [2.24, 2.45) is 5.73 Å². The number of benzene rings is 1. The second kappa shape index (κ2) is 6.17. The molecule has 1 saturated heterocycles. The lowest BCUT2D eigenvalue weighted by atomic mass is 10.0. The van der Waals surface area contributed by atoms with Gasteiger partial charge in [-0.1, -0.05) is 0 Å². The summed E-state index contributed by atoms with van der Waals surface area (Å²) >= 11 is 0. The highest BCUT2D eigenvalue weighted by Gasteiger charge is 2.33. The largest absolute Gasteiger partial charge is 0.573 e. The average molecular weight is 363 g/mol. The van der Waals surface area contributed by atoms with Crippen LogP contribution in [0.4, 0.5) is 22.0 Å². The molecule has 2 aromatic rings. The molecular formula is C15H14F5N3O2. The van der Waals surface area contributed by atoms with Gasteiger partial charge in [-0.05, 0) is 18.6 Å². The molecule has 0 aliphatic carbocycles. The van der Waals surface area contributed by atoms with E-state index in [1.165, 1.54) is 11.0 Å². The average Bonchev–Trinajstić information content (AvgIpc) is 2.91. The summed E-state index contributed by atoms with van der Waals surface area (Å²) < 4.78 is 67.5. The van der Waals surface area contributed by atoms with Gasteiger partial charge in [-0.3, -0.25) is 4.79 Å². The van der Waals surface area contributed by atoms with Crippen LogP contribution >= 0.6 is 0 Å². The second-order valence-corrected chi connectivity index (χ2v) is 5.82. The number of carbonyl (C=O) groups excluding carboxylic acids is 1. The van der Waals surface area contributed by atoms with Crippen LogP contribution in [0.15, 0.2) is 18.2 Å². The molecule has 0 saturated carbocycles. The number of rotatable bonds is 2. The molecule has 5 nitrogen and oxygen atoms in total. The van der Waals surface area contributed by atoms with Crippen LogP contribution in [0.2, 0.25) is 0 Å². The maximum Gasteiger partial charge on any atom is 0.573 e. The van der Waals surface area contributed by atoms with Crippen molar-refractivity contribution in [2.75, 3.05) is 13.1 Å². The molecule has 1 aliphatic heterocycles. The Morgan fingerprint density at radius 1 is 1.32 bits per heavy atom. The molecule has 1 aliphatic rings. The van der Waals surface area contributed by atoms with Crippen molar-refractivity contribution < 1.29 is 31.5 Å². The number of aromatic amines is 1. The molecule has 1 aromatic heterocycles. The molecule has 0 bridgehead atoms. The van der Waals surface area contributed by atoms with Crippen molar-refractivity contribution in [2.45, 2.75) is 25.0 Å². The monoisotopic (exact) mass is 363 g/mol. The zero-order valence-electron chi connectivity index (χ0n) is 12.7. The van der Waals surface area contributed by atoms with Gasteiger partial charge in [-0.2, -0.15) is 0 Å². The minimum atomic E-state index is -5.03. The normalized spacial score (nSPS) is 21.6. The molecule has 2 heterocycles. The molecule has 25 heavy (non-hydrogen) atoms.